The van der Waals surface area contributed by atoms with E-state index >= 15 is 0 Å². The van der Waals surface area contributed by atoms with Crippen LogP contribution in [0, 0.1) is 5.92 Å². The summed E-state index contributed by atoms with van der Waals surface area (Å²) in [5.74, 6) is -1.09. The third kappa shape index (κ3) is 6.91. The molecule has 0 bridgehead atoms. The van der Waals surface area contributed by atoms with E-state index < -0.39 is 17.4 Å². The first kappa shape index (κ1) is 18.5. The maximum absolute atomic E-state index is 11.7. The summed E-state index contributed by atoms with van der Waals surface area (Å²) in [5, 5.41) is 15.6. The summed E-state index contributed by atoms with van der Waals surface area (Å²) >= 11 is 5.74. The lowest BCUT2D eigenvalue weighted by Crippen LogP contribution is -2.44. The number of benzene rings is 1. The molecule has 3 N–H and O–H groups in total. The highest BCUT2D eigenvalue weighted by atomic mass is 35.5. The molecule has 22 heavy (non-hydrogen) atoms. The predicted octanol–water partition coefficient (Wildman–Crippen LogP) is 2.58. The lowest BCUT2D eigenvalue weighted by atomic mass is 9.95. The highest BCUT2D eigenvalue weighted by Crippen LogP contribution is 2.16. The highest BCUT2D eigenvalue weighted by Gasteiger charge is 2.23. The second-order valence-electron chi connectivity index (χ2n) is 6.07. The molecule has 1 atom stereocenters. The standard InChI is InChI=1S/C16H23ClN2O3/c1-11(2)8-9-16(3,22)10-18-14(20)15(21)19-13-6-4-12(17)5-7-13/h4-7,11,22H,8-10H2,1-3H3,(H,18,20)(H,19,21). The van der Waals surface area contributed by atoms with Gasteiger partial charge in [-0.15, -0.1) is 0 Å². The molecule has 0 aliphatic carbocycles. The van der Waals surface area contributed by atoms with E-state index in [4.69, 9.17) is 11.6 Å². The minimum absolute atomic E-state index is 0.0343. The van der Waals surface area contributed by atoms with Crippen LogP contribution in [0.5, 0.6) is 0 Å². The van der Waals surface area contributed by atoms with Gasteiger partial charge in [0.2, 0.25) is 0 Å². The van der Waals surface area contributed by atoms with Crippen LogP contribution in [-0.2, 0) is 9.59 Å². The number of amides is 2. The number of hydrogen-bond acceptors (Lipinski definition) is 3. The molecule has 6 heteroatoms. The third-order valence-electron chi connectivity index (χ3n) is 3.20. The van der Waals surface area contributed by atoms with Gasteiger partial charge in [-0.2, -0.15) is 0 Å². The average molecular weight is 327 g/mol. The number of nitrogens with one attached hydrogen (secondary N) is 2. The van der Waals surface area contributed by atoms with Crippen molar-refractivity contribution in [2.45, 2.75) is 39.2 Å². The molecular weight excluding hydrogens is 304 g/mol. The van der Waals surface area contributed by atoms with Crippen molar-refractivity contribution in [3.05, 3.63) is 29.3 Å². The molecule has 1 rings (SSSR count). The smallest absolute Gasteiger partial charge is 0.313 e. The van der Waals surface area contributed by atoms with E-state index in [0.717, 1.165) is 6.42 Å². The summed E-state index contributed by atoms with van der Waals surface area (Å²) in [6, 6.07) is 6.44. The largest absolute Gasteiger partial charge is 0.388 e. The molecule has 0 fully saturated rings. The summed E-state index contributed by atoms with van der Waals surface area (Å²) in [5.41, 5.74) is -0.545. The summed E-state index contributed by atoms with van der Waals surface area (Å²) in [6.07, 6.45) is 1.41. The number of hydrogen-bond donors (Lipinski definition) is 3. The lowest BCUT2D eigenvalue weighted by Gasteiger charge is -2.24. The Kier molecular flexibility index (Phi) is 6.84. The van der Waals surface area contributed by atoms with Gasteiger partial charge >= 0.3 is 11.8 Å². The summed E-state index contributed by atoms with van der Waals surface area (Å²) in [6.45, 7) is 5.81. The highest BCUT2D eigenvalue weighted by molar-refractivity contribution is 6.39. The van der Waals surface area contributed by atoms with Crippen molar-refractivity contribution in [1.82, 2.24) is 5.32 Å². The molecule has 0 aromatic heterocycles. The first-order valence-electron chi connectivity index (χ1n) is 7.27. The van der Waals surface area contributed by atoms with E-state index in [9.17, 15) is 14.7 Å². The normalized spacial score (nSPS) is 13.5. The van der Waals surface area contributed by atoms with Crippen LogP contribution >= 0.6 is 11.6 Å². The van der Waals surface area contributed by atoms with E-state index in [0.29, 0.717) is 23.0 Å². The van der Waals surface area contributed by atoms with Crippen molar-refractivity contribution >= 4 is 29.1 Å². The predicted molar refractivity (Wildman–Crippen MR) is 87.8 cm³/mol. The van der Waals surface area contributed by atoms with E-state index in [1.807, 2.05) is 0 Å². The van der Waals surface area contributed by atoms with Gasteiger partial charge in [0, 0.05) is 17.3 Å². The molecule has 0 spiro atoms. The van der Waals surface area contributed by atoms with Crippen LogP contribution in [0.2, 0.25) is 5.02 Å². The fraction of sp³-hybridized carbons (Fsp3) is 0.500. The number of aliphatic hydroxyl groups is 1. The van der Waals surface area contributed by atoms with Gasteiger partial charge in [-0.25, -0.2) is 0 Å². The number of anilines is 1. The molecule has 0 saturated carbocycles. The minimum atomic E-state index is -1.03. The van der Waals surface area contributed by atoms with Gasteiger partial charge in [0.25, 0.3) is 0 Å². The van der Waals surface area contributed by atoms with Crippen molar-refractivity contribution in [2.75, 3.05) is 11.9 Å². The maximum Gasteiger partial charge on any atom is 0.313 e. The van der Waals surface area contributed by atoms with E-state index in [2.05, 4.69) is 24.5 Å². The van der Waals surface area contributed by atoms with Crippen LogP contribution in [0.1, 0.15) is 33.6 Å². The third-order valence-corrected chi connectivity index (χ3v) is 3.45. The second kappa shape index (κ2) is 8.15. The SMILES string of the molecule is CC(C)CCC(C)(O)CNC(=O)C(=O)Nc1ccc(Cl)cc1. The fourth-order valence-corrected chi connectivity index (χ4v) is 1.89. The molecule has 5 nitrogen and oxygen atoms in total. The van der Waals surface area contributed by atoms with Crippen molar-refractivity contribution in [3.63, 3.8) is 0 Å². The Balaban J connectivity index is 2.44. The quantitative estimate of drug-likeness (QED) is 0.703. The lowest BCUT2D eigenvalue weighted by molar-refractivity contribution is -0.136. The van der Waals surface area contributed by atoms with Gasteiger partial charge in [0.05, 0.1) is 5.60 Å². The fourth-order valence-electron chi connectivity index (χ4n) is 1.76. The van der Waals surface area contributed by atoms with E-state index in [1.54, 1.807) is 31.2 Å². The molecule has 0 heterocycles. The monoisotopic (exact) mass is 326 g/mol. The molecule has 2 amide bonds. The molecule has 0 aliphatic heterocycles. The van der Waals surface area contributed by atoms with Crippen molar-refractivity contribution in [3.8, 4) is 0 Å². The van der Waals surface area contributed by atoms with Crippen LogP contribution < -0.4 is 10.6 Å². The molecule has 1 aromatic rings. The second-order valence-corrected chi connectivity index (χ2v) is 6.51. The van der Waals surface area contributed by atoms with Gasteiger partial charge in [-0.3, -0.25) is 9.59 Å². The number of halogens is 1. The Labute approximate surface area is 136 Å². The summed E-state index contributed by atoms with van der Waals surface area (Å²) in [4.78, 5) is 23.5. The minimum Gasteiger partial charge on any atom is -0.388 e. The molecule has 1 unspecified atom stereocenters. The average Bonchev–Trinajstić information content (AvgIpc) is 2.45. The van der Waals surface area contributed by atoms with Gasteiger partial charge in [-0.1, -0.05) is 25.4 Å². The van der Waals surface area contributed by atoms with Crippen molar-refractivity contribution in [2.24, 2.45) is 5.92 Å². The summed E-state index contributed by atoms with van der Waals surface area (Å²) < 4.78 is 0. The Bertz CT molecular complexity index is 513. The first-order valence-corrected chi connectivity index (χ1v) is 7.64. The van der Waals surface area contributed by atoms with Crippen LogP contribution in [0.15, 0.2) is 24.3 Å². The van der Waals surface area contributed by atoms with E-state index in [-0.39, 0.29) is 6.54 Å². The van der Waals surface area contributed by atoms with Crippen molar-refractivity contribution < 1.29 is 14.7 Å². The molecule has 1 aromatic carbocycles. The zero-order valence-corrected chi connectivity index (χ0v) is 13.9. The van der Waals surface area contributed by atoms with Crippen LogP contribution in [0.4, 0.5) is 5.69 Å². The first-order chi connectivity index (χ1) is 10.2. The van der Waals surface area contributed by atoms with Gasteiger partial charge < -0.3 is 15.7 Å². The Hall–Kier alpha value is -1.59. The van der Waals surface area contributed by atoms with Gasteiger partial charge in [-0.05, 0) is 49.9 Å². The maximum atomic E-state index is 11.7. The number of carbonyl (C=O) groups is 2. The van der Waals surface area contributed by atoms with Gasteiger partial charge in [0.1, 0.15) is 0 Å². The molecule has 0 aliphatic rings. The Morgan fingerprint density at radius 2 is 1.82 bits per heavy atom. The van der Waals surface area contributed by atoms with E-state index in [1.165, 1.54) is 0 Å². The topological polar surface area (TPSA) is 78.4 Å². The molecule has 122 valence electrons. The van der Waals surface area contributed by atoms with Crippen LogP contribution in [0.3, 0.4) is 0 Å². The Morgan fingerprint density at radius 3 is 2.36 bits per heavy atom. The Morgan fingerprint density at radius 1 is 1.23 bits per heavy atom. The van der Waals surface area contributed by atoms with Gasteiger partial charge in [0.15, 0.2) is 0 Å². The van der Waals surface area contributed by atoms with Crippen LogP contribution in [-0.4, -0.2) is 29.1 Å². The zero-order chi connectivity index (χ0) is 16.8. The van der Waals surface area contributed by atoms with Crippen molar-refractivity contribution in [1.29, 1.82) is 0 Å². The zero-order valence-electron chi connectivity index (χ0n) is 13.1. The van der Waals surface area contributed by atoms with Crippen LogP contribution in [0.25, 0.3) is 0 Å². The number of carbonyl (C=O) groups excluding carboxylic acids is 2. The summed E-state index contributed by atoms with van der Waals surface area (Å²) in [7, 11) is 0. The molecular formula is C16H23ClN2O3. The molecule has 0 radical (unpaired) electrons. The molecule has 0 saturated heterocycles. The number of rotatable bonds is 6.